The summed E-state index contributed by atoms with van der Waals surface area (Å²) in [6.07, 6.45) is 1.94. The molecule has 0 aliphatic carbocycles. The van der Waals surface area contributed by atoms with Gasteiger partial charge >= 0.3 is 5.97 Å². The number of benzene rings is 2. The summed E-state index contributed by atoms with van der Waals surface area (Å²) in [5, 5.41) is 2.74. The standard InChI is InChI=1S/C23H22N2O3S/c1-16-6-4-8-18(12-16)23-24-19(15-29-23)13-22(27)28-14-21(26)25-11-5-9-17-7-2-3-10-20(17)25/h2-4,6-8,10,12,15H,5,9,11,13-14H2,1H3. The summed E-state index contributed by atoms with van der Waals surface area (Å²) in [6.45, 7) is 2.44. The number of esters is 1. The van der Waals surface area contributed by atoms with Crippen LogP contribution in [0.15, 0.2) is 53.9 Å². The summed E-state index contributed by atoms with van der Waals surface area (Å²) in [5.41, 5.74) is 4.93. The largest absolute Gasteiger partial charge is 0.455 e. The maximum Gasteiger partial charge on any atom is 0.312 e. The average molecular weight is 407 g/mol. The normalized spacial score (nSPS) is 13.1. The number of hydrogen-bond acceptors (Lipinski definition) is 5. The SMILES string of the molecule is Cc1cccc(-c2nc(CC(=O)OCC(=O)N3CCCc4ccccc43)cs2)c1. The number of aromatic nitrogens is 1. The fourth-order valence-corrected chi connectivity index (χ4v) is 4.33. The number of carbonyl (C=O) groups is 2. The highest BCUT2D eigenvalue weighted by Crippen LogP contribution is 2.27. The molecule has 0 fully saturated rings. The van der Waals surface area contributed by atoms with Crippen LogP contribution in [0.25, 0.3) is 10.6 Å². The molecule has 2 heterocycles. The number of rotatable bonds is 5. The third-order valence-electron chi connectivity index (χ3n) is 4.91. The molecule has 29 heavy (non-hydrogen) atoms. The van der Waals surface area contributed by atoms with Crippen LogP contribution in [0.3, 0.4) is 0 Å². The second-order valence-electron chi connectivity index (χ2n) is 7.13. The number of para-hydroxylation sites is 1. The van der Waals surface area contributed by atoms with Gasteiger partial charge in [0.2, 0.25) is 0 Å². The third kappa shape index (κ3) is 4.54. The molecule has 0 unspecified atom stereocenters. The van der Waals surface area contributed by atoms with E-state index in [0.717, 1.165) is 40.2 Å². The van der Waals surface area contributed by atoms with Crippen LogP contribution < -0.4 is 4.90 Å². The molecule has 0 saturated carbocycles. The maximum atomic E-state index is 12.6. The monoisotopic (exact) mass is 406 g/mol. The van der Waals surface area contributed by atoms with Crippen molar-refractivity contribution < 1.29 is 14.3 Å². The van der Waals surface area contributed by atoms with E-state index in [1.165, 1.54) is 11.3 Å². The second kappa shape index (κ2) is 8.57. The van der Waals surface area contributed by atoms with Gasteiger partial charge in [-0.3, -0.25) is 9.59 Å². The highest BCUT2D eigenvalue weighted by molar-refractivity contribution is 7.13. The van der Waals surface area contributed by atoms with E-state index in [4.69, 9.17) is 4.74 Å². The van der Waals surface area contributed by atoms with Gasteiger partial charge in [-0.25, -0.2) is 4.98 Å². The number of carbonyl (C=O) groups excluding carboxylic acids is 2. The predicted molar refractivity (Wildman–Crippen MR) is 114 cm³/mol. The molecule has 0 radical (unpaired) electrons. The van der Waals surface area contributed by atoms with Crippen molar-refractivity contribution in [1.29, 1.82) is 0 Å². The van der Waals surface area contributed by atoms with Gasteiger partial charge in [-0.15, -0.1) is 11.3 Å². The van der Waals surface area contributed by atoms with E-state index in [1.54, 1.807) is 4.90 Å². The molecule has 1 aromatic heterocycles. The number of ether oxygens (including phenoxy) is 1. The lowest BCUT2D eigenvalue weighted by molar-refractivity contribution is -0.147. The van der Waals surface area contributed by atoms with E-state index >= 15 is 0 Å². The van der Waals surface area contributed by atoms with Crippen molar-refractivity contribution in [3.63, 3.8) is 0 Å². The molecule has 0 atom stereocenters. The van der Waals surface area contributed by atoms with Crippen molar-refractivity contribution in [3.05, 3.63) is 70.7 Å². The van der Waals surface area contributed by atoms with E-state index in [-0.39, 0.29) is 18.9 Å². The molecule has 1 aliphatic heterocycles. The van der Waals surface area contributed by atoms with Gasteiger partial charge in [-0.1, -0.05) is 42.0 Å². The average Bonchev–Trinajstić information content (AvgIpc) is 3.20. The van der Waals surface area contributed by atoms with E-state index in [9.17, 15) is 9.59 Å². The first-order valence-corrected chi connectivity index (χ1v) is 10.5. The molecule has 1 amide bonds. The van der Waals surface area contributed by atoms with E-state index < -0.39 is 5.97 Å². The van der Waals surface area contributed by atoms with Gasteiger partial charge in [0.05, 0.1) is 12.1 Å². The summed E-state index contributed by atoms with van der Waals surface area (Å²) >= 11 is 1.50. The van der Waals surface area contributed by atoms with Gasteiger partial charge in [0.1, 0.15) is 5.01 Å². The number of anilines is 1. The Balaban J connectivity index is 1.34. The van der Waals surface area contributed by atoms with Gasteiger partial charge in [0.15, 0.2) is 6.61 Å². The summed E-state index contributed by atoms with van der Waals surface area (Å²) in [5.74, 6) is -0.631. The summed E-state index contributed by atoms with van der Waals surface area (Å²) < 4.78 is 5.24. The van der Waals surface area contributed by atoms with Crippen LogP contribution in [0.4, 0.5) is 5.69 Å². The Bertz CT molecular complexity index is 1040. The molecule has 0 N–H and O–H groups in total. The van der Waals surface area contributed by atoms with E-state index in [0.29, 0.717) is 12.2 Å². The highest BCUT2D eigenvalue weighted by Gasteiger charge is 2.23. The first-order chi connectivity index (χ1) is 14.1. The molecule has 3 aromatic rings. The number of thiazole rings is 1. The van der Waals surface area contributed by atoms with Crippen LogP contribution in [-0.4, -0.2) is 30.0 Å². The Morgan fingerprint density at radius 2 is 2.03 bits per heavy atom. The first-order valence-electron chi connectivity index (χ1n) is 9.65. The van der Waals surface area contributed by atoms with Crippen molar-refractivity contribution in [1.82, 2.24) is 4.98 Å². The number of aryl methyl sites for hydroxylation is 2. The van der Waals surface area contributed by atoms with Crippen molar-refractivity contribution in [2.24, 2.45) is 0 Å². The molecule has 2 aromatic carbocycles. The van der Waals surface area contributed by atoms with Gasteiger partial charge in [0, 0.05) is 23.2 Å². The topological polar surface area (TPSA) is 59.5 Å². The number of nitrogens with zero attached hydrogens (tertiary/aromatic N) is 2. The van der Waals surface area contributed by atoms with Gasteiger partial charge in [-0.2, -0.15) is 0 Å². The summed E-state index contributed by atoms with van der Waals surface area (Å²) in [4.78, 5) is 31.0. The predicted octanol–water partition coefficient (Wildman–Crippen LogP) is 4.18. The molecule has 0 saturated heterocycles. The molecular formula is C23H22N2O3S. The smallest absolute Gasteiger partial charge is 0.312 e. The number of amides is 1. The minimum Gasteiger partial charge on any atom is -0.455 e. The summed E-state index contributed by atoms with van der Waals surface area (Å²) in [6, 6.07) is 16.0. The quantitative estimate of drug-likeness (QED) is 0.597. The lowest BCUT2D eigenvalue weighted by Gasteiger charge is -2.29. The molecule has 5 nitrogen and oxygen atoms in total. The fourth-order valence-electron chi connectivity index (χ4n) is 3.51. The van der Waals surface area contributed by atoms with Crippen molar-refractivity contribution in [3.8, 4) is 10.6 Å². The maximum absolute atomic E-state index is 12.6. The lowest BCUT2D eigenvalue weighted by atomic mass is 10.0. The third-order valence-corrected chi connectivity index (χ3v) is 5.85. The molecule has 148 valence electrons. The first kappa shape index (κ1) is 19.3. The van der Waals surface area contributed by atoms with Crippen LogP contribution in [-0.2, 0) is 27.2 Å². The second-order valence-corrected chi connectivity index (χ2v) is 7.99. The van der Waals surface area contributed by atoms with Crippen LogP contribution in [0.1, 0.15) is 23.2 Å². The minimum absolute atomic E-state index is 0.0617. The van der Waals surface area contributed by atoms with Crippen LogP contribution >= 0.6 is 11.3 Å². The van der Waals surface area contributed by atoms with Crippen LogP contribution in [0.5, 0.6) is 0 Å². The van der Waals surface area contributed by atoms with E-state index in [1.807, 2.05) is 54.8 Å². The lowest BCUT2D eigenvalue weighted by Crippen LogP contribution is -2.38. The Kier molecular flexibility index (Phi) is 5.71. The van der Waals surface area contributed by atoms with Crippen molar-refractivity contribution in [2.45, 2.75) is 26.2 Å². The molecule has 6 heteroatoms. The van der Waals surface area contributed by atoms with Crippen LogP contribution in [0.2, 0.25) is 0 Å². The van der Waals surface area contributed by atoms with Crippen molar-refractivity contribution in [2.75, 3.05) is 18.1 Å². The van der Waals surface area contributed by atoms with E-state index in [2.05, 4.69) is 11.1 Å². The highest BCUT2D eigenvalue weighted by atomic mass is 32.1. The summed E-state index contributed by atoms with van der Waals surface area (Å²) in [7, 11) is 0. The van der Waals surface area contributed by atoms with Gasteiger partial charge < -0.3 is 9.64 Å². The zero-order valence-corrected chi connectivity index (χ0v) is 17.1. The van der Waals surface area contributed by atoms with Crippen LogP contribution in [0, 0.1) is 6.92 Å². The minimum atomic E-state index is -0.440. The Hall–Kier alpha value is -2.99. The van der Waals surface area contributed by atoms with Gasteiger partial charge in [0.25, 0.3) is 5.91 Å². The van der Waals surface area contributed by atoms with Crippen molar-refractivity contribution >= 4 is 28.9 Å². The van der Waals surface area contributed by atoms with Gasteiger partial charge in [-0.05, 0) is 37.5 Å². The fraction of sp³-hybridized carbons (Fsp3) is 0.261. The number of fused-ring (bicyclic) bond motifs is 1. The molecule has 0 spiro atoms. The molecule has 1 aliphatic rings. The molecule has 0 bridgehead atoms. The zero-order valence-electron chi connectivity index (χ0n) is 16.3. The molecular weight excluding hydrogens is 384 g/mol. The molecule has 4 rings (SSSR count). The Morgan fingerprint density at radius 1 is 1.17 bits per heavy atom. The Labute approximate surface area is 174 Å². The zero-order chi connectivity index (χ0) is 20.2. The number of hydrogen-bond donors (Lipinski definition) is 0. The Morgan fingerprint density at radius 3 is 2.90 bits per heavy atom.